The molecule has 2 atom stereocenters. The van der Waals surface area contributed by atoms with E-state index in [-0.39, 0.29) is 18.0 Å². The molecule has 0 fully saturated rings. The normalized spacial score (nSPS) is 21.7. The standard InChI is InChI=1S/C15H14FNO/c1-10-15(11-6-8-12(16)9-7-11)18-14-5-3-2-4-13(14)17-10/h2-10,15,17H,1H3. The highest BCUT2D eigenvalue weighted by Crippen LogP contribution is 2.36. The van der Waals surface area contributed by atoms with E-state index in [1.807, 2.05) is 24.3 Å². The van der Waals surface area contributed by atoms with Crippen LogP contribution in [0.5, 0.6) is 5.75 Å². The van der Waals surface area contributed by atoms with Gasteiger partial charge in [-0.05, 0) is 36.8 Å². The van der Waals surface area contributed by atoms with Gasteiger partial charge >= 0.3 is 0 Å². The SMILES string of the molecule is CC1Nc2ccccc2OC1c1ccc(F)cc1. The monoisotopic (exact) mass is 243 g/mol. The molecule has 0 aliphatic carbocycles. The minimum Gasteiger partial charge on any atom is -0.481 e. The van der Waals surface area contributed by atoms with Crippen LogP contribution >= 0.6 is 0 Å². The Morgan fingerprint density at radius 1 is 1.06 bits per heavy atom. The summed E-state index contributed by atoms with van der Waals surface area (Å²) in [6, 6.07) is 14.5. The highest BCUT2D eigenvalue weighted by molar-refractivity contribution is 5.59. The number of halogens is 1. The van der Waals surface area contributed by atoms with E-state index in [1.165, 1.54) is 12.1 Å². The smallest absolute Gasteiger partial charge is 0.144 e. The fourth-order valence-corrected chi connectivity index (χ4v) is 2.26. The Morgan fingerprint density at radius 3 is 2.56 bits per heavy atom. The van der Waals surface area contributed by atoms with Gasteiger partial charge < -0.3 is 10.1 Å². The second-order valence-corrected chi connectivity index (χ2v) is 4.52. The number of fused-ring (bicyclic) bond motifs is 1. The van der Waals surface area contributed by atoms with E-state index in [2.05, 4.69) is 12.2 Å². The Hall–Kier alpha value is -2.03. The topological polar surface area (TPSA) is 21.3 Å². The average molecular weight is 243 g/mol. The number of para-hydroxylation sites is 2. The summed E-state index contributed by atoms with van der Waals surface area (Å²) in [4.78, 5) is 0. The highest BCUT2D eigenvalue weighted by Gasteiger charge is 2.27. The van der Waals surface area contributed by atoms with E-state index in [4.69, 9.17) is 4.74 Å². The highest BCUT2D eigenvalue weighted by atomic mass is 19.1. The van der Waals surface area contributed by atoms with Crippen LogP contribution < -0.4 is 10.1 Å². The van der Waals surface area contributed by atoms with Gasteiger partial charge in [0, 0.05) is 0 Å². The number of anilines is 1. The number of nitrogens with one attached hydrogen (secondary N) is 1. The first-order valence-corrected chi connectivity index (χ1v) is 6.02. The lowest BCUT2D eigenvalue weighted by molar-refractivity contribution is 0.177. The first-order valence-electron chi connectivity index (χ1n) is 6.02. The Kier molecular flexibility index (Phi) is 2.67. The van der Waals surface area contributed by atoms with Crippen molar-refractivity contribution in [2.24, 2.45) is 0 Å². The molecule has 1 aliphatic heterocycles. The lowest BCUT2D eigenvalue weighted by atomic mass is 10.0. The molecule has 0 amide bonds. The molecule has 0 radical (unpaired) electrons. The molecule has 2 unspecified atom stereocenters. The number of ether oxygens (including phenoxy) is 1. The van der Waals surface area contributed by atoms with Crippen molar-refractivity contribution >= 4 is 5.69 Å². The fourth-order valence-electron chi connectivity index (χ4n) is 2.26. The number of hydrogen-bond acceptors (Lipinski definition) is 2. The molecular weight excluding hydrogens is 229 g/mol. The van der Waals surface area contributed by atoms with Gasteiger partial charge in [0.2, 0.25) is 0 Å². The van der Waals surface area contributed by atoms with Gasteiger partial charge in [0.25, 0.3) is 0 Å². The van der Waals surface area contributed by atoms with Crippen molar-refractivity contribution in [3.63, 3.8) is 0 Å². The molecule has 18 heavy (non-hydrogen) atoms. The van der Waals surface area contributed by atoms with Gasteiger partial charge in [0.05, 0.1) is 11.7 Å². The van der Waals surface area contributed by atoms with Crippen LogP contribution in [0.3, 0.4) is 0 Å². The summed E-state index contributed by atoms with van der Waals surface area (Å²) in [6.07, 6.45) is -0.0968. The quantitative estimate of drug-likeness (QED) is 0.823. The van der Waals surface area contributed by atoms with Crippen molar-refractivity contribution in [1.29, 1.82) is 0 Å². The van der Waals surface area contributed by atoms with Crippen LogP contribution in [-0.2, 0) is 0 Å². The van der Waals surface area contributed by atoms with E-state index in [0.717, 1.165) is 17.0 Å². The van der Waals surface area contributed by atoms with Crippen LogP contribution in [0.2, 0.25) is 0 Å². The molecule has 1 heterocycles. The summed E-state index contributed by atoms with van der Waals surface area (Å²) >= 11 is 0. The lowest BCUT2D eigenvalue weighted by Crippen LogP contribution is -2.32. The van der Waals surface area contributed by atoms with E-state index >= 15 is 0 Å². The summed E-state index contributed by atoms with van der Waals surface area (Å²) in [5.74, 6) is 0.612. The van der Waals surface area contributed by atoms with E-state index in [1.54, 1.807) is 12.1 Å². The second kappa shape index (κ2) is 4.33. The van der Waals surface area contributed by atoms with E-state index in [9.17, 15) is 4.39 Å². The zero-order valence-electron chi connectivity index (χ0n) is 10.1. The summed E-state index contributed by atoms with van der Waals surface area (Å²) in [7, 11) is 0. The van der Waals surface area contributed by atoms with Gasteiger partial charge in [-0.2, -0.15) is 0 Å². The molecule has 0 bridgehead atoms. The summed E-state index contributed by atoms with van der Waals surface area (Å²) in [6.45, 7) is 2.06. The Morgan fingerprint density at radius 2 is 1.78 bits per heavy atom. The zero-order valence-corrected chi connectivity index (χ0v) is 10.1. The Bertz CT molecular complexity index is 553. The molecule has 2 aromatic rings. The van der Waals surface area contributed by atoms with Crippen LogP contribution in [0.1, 0.15) is 18.6 Å². The van der Waals surface area contributed by atoms with Crippen LogP contribution in [-0.4, -0.2) is 6.04 Å². The molecule has 2 nitrogen and oxygen atoms in total. The predicted molar refractivity (Wildman–Crippen MR) is 69.3 cm³/mol. The van der Waals surface area contributed by atoms with Crippen molar-refractivity contribution in [2.75, 3.05) is 5.32 Å². The largest absolute Gasteiger partial charge is 0.481 e. The second-order valence-electron chi connectivity index (χ2n) is 4.52. The summed E-state index contributed by atoms with van der Waals surface area (Å²) in [5.41, 5.74) is 1.98. The van der Waals surface area contributed by atoms with Crippen molar-refractivity contribution in [1.82, 2.24) is 0 Å². The van der Waals surface area contributed by atoms with Crippen molar-refractivity contribution in [3.05, 3.63) is 59.9 Å². The first kappa shape index (κ1) is 11.1. The molecule has 1 aliphatic rings. The van der Waals surface area contributed by atoms with Gasteiger partial charge in [0.15, 0.2) is 0 Å². The van der Waals surface area contributed by atoms with Crippen molar-refractivity contribution in [3.8, 4) is 5.75 Å². The molecule has 3 rings (SSSR count). The Labute approximate surface area is 105 Å². The third-order valence-electron chi connectivity index (χ3n) is 3.18. The van der Waals surface area contributed by atoms with Crippen LogP contribution in [0.4, 0.5) is 10.1 Å². The third kappa shape index (κ3) is 1.92. The van der Waals surface area contributed by atoms with Gasteiger partial charge in [-0.1, -0.05) is 24.3 Å². The lowest BCUT2D eigenvalue weighted by Gasteiger charge is -2.33. The maximum atomic E-state index is 12.9. The number of benzene rings is 2. The fraction of sp³-hybridized carbons (Fsp3) is 0.200. The number of hydrogen-bond donors (Lipinski definition) is 1. The molecule has 0 aromatic heterocycles. The van der Waals surface area contributed by atoms with Crippen molar-refractivity contribution < 1.29 is 9.13 Å². The van der Waals surface area contributed by atoms with Crippen LogP contribution in [0.15, 0.2) is 48.5 Å². The number of rotatable bonds is 1. The zero-order chi connectivity index (χ0) is 12.5. The minimum absolute atomic E-state index is 0.0968. The average Bonchev–Trinajstić information content (AvgIpc) is 2.39. The molecule has 3 heteroatoms. The van der Waals surface area contributed by atoms with Gasteiger partial charge in [-0.3, -0.25) is 0 Å². The molecule has 2 aromatic carbocycles. The molecule has 0 saturated heterocycles. The summed E-state index contributed by atoms with van der Waals surface area (Å²) < 4.78 is 18.9. The minimum atomic E-state index is -0.226. The van der Waals surface area contributed by atoms with E-state index in [0.29, 0.717) is 0 Å². The van der Waals surface area contributed by atoms with Crippen LogP contribution in [0, 0.1) is 5.82 Å². The van der Waals surface area contributed by atoms with Crippen molar-refractivity contribution in [2.45, 2.75) is 19.1 Å². The molecule has 0 saturated carbocycles. The molecule has 92 valence electrons. The summed E-state index contributed by atoms with van der Waals surface area (Å²) in [5, 5.41) is 3.40. The predicted octanol–water partition coefficient (Wildman–Crippen LogP) is 3.76. The molecule has 1 N–H and O–H groups in total. The van der Waals surface area contributed by atoms with Crippen LogP contribution in [0.25, 0.3) is 0 Å². The maximum Gasteiger partial charge on any atom is 0.144 e. The maximum absolute atomic E-state index is 12.9. The van der Waals surface area contributed by atoms with E-state index < -0.39 is 0 Å². The third-order valence-corrected chi connectivity index (χ3v) is 3.18. The van der Waals surface area contributed by atoms with Gasteiger partial charge in [0.1, 0.15) is 17.7 Å². The molecular formula is C15H14FNO. The molecule has 0 spiro atoms. The Balaban J connectivity index is 1.93. The first-order chi connectivity index (χ1) is 8.74. The van der Waals surface area contributed by atoms with Gasteiger partial charge in [-0.15, -0.1) is 0 Å². The van der Waals surface area contributed by atoms with Gasteiger partial charge in [-0.25, -0.2) is 4.39 Å².